The third-order valence-corrected chi connectivity index (χ3v) is 8.34. The normalized spacial score (nSPS) is 15.9. The molecule has 0 bridgehead atoms. The van der Waals surface area contributed by atoms with Gasteiger partial charge in [-0.3, -0.25) is 14.6 Å². The van der Waals surface area contributed by atoms with Crippen molar-refractivity contribution in [2.45, 2.75) is 46.1 Å². The molecule has 9 nitrogen and oxygen atoms in total. The van der Waals surface area contributed by atoms with Crippen LogP contribution in [0.2, 0.25) is 0 Å². The number of nitrogens with two attached hydrogens (primary N) is 2. The van der Waals surface area contributed by atoms with E-state index in [0.717, 1.165) is 40.7 Å². The average Bonchev–Trinajstić information content (AvgIpc) is 3.32. The summed E-state index contributed by atoms with van der Waals surface area (Å²) in [5, 5.41) is 6.83. The molecule has 1 aromatic carbocycles. The SMILES string of the molecule is CC(C)(C)[C@@H]1CCc2nc3sc(C(=O)N[C@H](CN)c4cccc(NC(=O)c5cncc(N)n5)c4)cc3cc2C1. The van der Waals surface area contributed by atoms with Gasteiger partial charge in [0.1, 0.15) is 16.3 Å². The van der Waals surface area contributed by atoms with E-state index in [1.807, 2.05) is 12.1 Å². The summed E-state index contributed by atoms with van der Waals surface area (Å²) in [6.07, 6.45) is 5.84. The molecule has 5 rings (SSSR count). The second-order valence-electron chi connectivity index (χ2n) is 11.1. The topological polar surface area (TPSA) is 149 Å². The Bertz CT molecular complexity index is 1540. The van der Waals surface area contributed by atoms with Crippen molar-refractivity contribution >= 4 is 44.9 Å². The number of amides is 2. The summed E-state index contributed by atoms with van der Waals surface area (Å²) < 4.78 is 0. The van der Waals surface area contributed by atoms with E-state index in [9.17, 15) is 9.59 Å². The quantitative estimate of drug-likeness (QED) is 0.280. The molecule has 202 valence electrons. The van der Waals surface area contributed by atoms with E-state index in [1.54, 1.807) is 18.2 Å². The molecule has 0 unspecified atom stereocenters. The van der Waals surface area contributed by atoms with E-state index in [2.05, 4.69) is 47.4 Å². The van der Waals surface area contributed by atoms with Crippen LogP contribution < -0.4 is 22.1 Å². The predicted molar refractivity (Wildman–Crippen MR) is 155 cm³/mol. The van der Waals surface area contributed by atoms with Gasteiger partial charge in [-0.05, 0) is 66.0 Å². The van der Waals surface area contributed by atoms with Crippen molar-refractivity contribution in [2.75, 3.05) is 17.6 Å². The van der Waals surface area contributed by atoms with Crippen LogP contribution in [-0.4, -0.2) is 33.3 Å². The summed E-state index contributed by atoms with van der Waals surface area (Å²) >= 11 is 1.40. The monoisotopic (exact) mass is 543 g/mol. The molecule has 0 saturated carbocycles. The van der Waals surface area contributed by atoms with Crippen molar-refractivity contribution in [1.29, 1.82) is 0 Å². The van der Waals surface area contributed by atoms with Crippen LogP contribution in [0.25, 0.3) is 10.2 Å². The largest absolute Gasteiger partial charge is 0.382 e. The number of carbonyl (C=O) groups excluding carboxylic acids is 2. The van der Waals surface area contributed by atoms with Crippen molar-refractivity contribution in [3.05, 3.63) is 76.2 Å². The number of fused-ring (bicyclic) bond motifs is 2. The first-order chi connectivity index (χ1) is 18.6. The number of benzene rings is 1. The number of hydrogen-bond acceptors (Lipinski definition) is 8. The highest BCUT2D eigenvalue weighted by Crippen LogP contribution is 2.38. The van der Waals surface area contributed by atoms with Gasteiger partial charge in [0.15, 0.2) is 0 Å². The molecule has 6 N–H and O–H groups in total. The van der Waals surface area contributed by atoms with Gasteiger partial charge < -0.3 is 22.1 Å². The minimum absolute atomic E-state index is 0.109. The van der Waals surface area contributed by atoms with Crippen molar-refractivity contribution < 1.29 is 9.59 Å². The zero-order valence-electron chi connectivity index (χ0n) is 22.3. The first kappa shape index (κ1) is 26.7. The molecule has 0 spiro atoms. The second kappa shape index (κ2) is 10.7. The van der Waals surface area contributed by atoms with Crippen LogP contribution in [0, 0.1) is 11.3 Å². The Hall–Kier alpha value is -3.89. The summed E-state index contributed by atoms with van der Waals surface area (Å²) in [6.45, 7) is 7.09. The van der Waals surface area contributed by atoms with E-state index < -0.39 is 11.9 Å². The van der Waals surface area contributed by atoms with Crippen LogP contribution in [-0.2, 0) is 12.8 Å². The Labute approximate surface area is 231 Å². The number of carbonyl (C=O) groups is 2. The minimum atomic E-state index is -0.444. The number of aryl methyl sites for hydroxylation is 1. The summed E-state index contributed by atoms with van der Waals surface area (Å²) in [5.74, 6) is 0.140. The van der Waals surface area contributed by atoms with Crippen molar-refractivity contribution in [3.8, 4) is 0 Å². The van der Waals surface area contributed by atoms with Gasteiger partial charge >= 0.3 is 0 Å². The van der Waals surface area contributed by atoms with Crippen LogP contribution in [0.1, 0.15) is 70.2 Å². The Balaban J connectivity index is 1.31. The number of nitrogens with one attached hydrogen (secondary N) is 2. The van der Waals surface area contributed by atoms with E-state index in [1.165, 1.54) is 29.3 Å². The van der Waals surface area contributed by atoms with Crippen LogP contribution in [0.5, 0.6) is 0 Å². The number of pyridine rings is 1. The van der Waals surface area contributed by atoms with E-state index in [4.69, 9.17) is 16.5 Å². The summed E-state index contributed by atoms with van der Waals surface area (Å²) in [4.78, 5) is 40.1. The highest BCUT2D eigenvalue weighted by atomic mass is 32.1. The van der Waals surface area contributed by atoms with E-state index in [-0.39, 0.29) is 29.4 Å². The van der Waals surface area contributed by atoms with Gasteiger partial charge in [0.2, 0.25) is 0 Å². The third kappa shape index (κ3) is 5.91. The van der Waals surface area contributed by atoms with Gasteiger partial charge in [-0.15, -0.1) is 11.3 Å². The second-order valence-corrected chi connectivity index (χ2v) is 12.1. The molecule has 0 saturated heterocycles. The number of thiophene rings is 1. The highest BCUT2D eigenvalue weighted by Gasteiger charge is 2.30. The Morgan fingerprint density at radius 3 is 2.69 bits per heavy atom. The molecule has 0 fully saturated rings. The maximum Gasteiger partial charge on any atom is 0.275 e. The smallest absolute Gasteiger partial charge is 0.275 e. The predicted octanol–water partition coefficient (Wildman–Crippen LogP) is 4.50. The lowest BCUT2D eigenvalue weighted by Crippen LogP contribution is -2.33. The third-order valence-electron chi connectivity index (χ3n) is 7.30. The molecule has 0 aliphatic heterocycles. The zero-order valence-corrected chi connectivity index (χ0v) is 23.1. The van der Waals surface area contributed by atoms with E-state index >= 15 is 0 Å². The molecular formula is C29H33N7O2S. The number of hydrogen-bond donors (Lipinski definition) is 4. The average molecular weight is 544 g/mol. The van der Waals surface area contributed by atoms with Gasteiger partial charge in [0.05, 0.1) is 23.3 Å². The lowest BCUT2D eigenvalue weighted by Gasteiger charge is -2.34. The number of nitrogens with zero attached hydrogens (tertiary/aromatic N) is 3. The van der Waals surface area contributed by atoms with Gasteiger partial charge in [-0.25, -0.2) is 9.97 Å². The number of anilines is 2. The van der Waals surface area contributed by atoms with Crippen LogP contribution in [0.15, 0.2) is 48.8 Å². The number of aromatic nitrogens is 3. The van der Waals surface area contributed by atoms with E-state index in [0.29, 0.717) is 16.5 Å². The molecule has 3 aromatic heterocycles. The van der Waals surface area contributed by atoms with Crippen LogP contribution in [0.4, 0.5) is 11.5 Å². The molecule has 4 aromatic rings. The molecule has 3 heterocycles. The lowest BCUT2D eigenvalue weighted by atomic mass is 9.71. The molecule has 1 aliphatic carbocycles. The van der Waals surface area contributed by atoms with Crippen LogP contribution in [0.3, 0.4) is 0 Å². The van der Waals surface area contributed by atoms with Crippen molar-refractivity contribution in [2.24, 2.45) is 17.1 Å². The Morgan fingerprint density at radius 1 is 1.13 bits per heavy atom. The van der Waals surface area contributed by atoms with Crippen molar-refractivity contribution in [1.82, 2.24) is 20.3 Å². The first-order valence-electron chi connectivity index (χ1n) is 13.0. The minimum Gasteiger partial charge on any atom is -0.382 e. The summed E-state index contributed by atoms with van der Waals surface area (Å²) in [5.41, 5.74) is 15.8. The fourth-order valence-electron chi connectivity index (χ4n) is 5.00. The van der Waals surface area contributed by atoms with Gasteiger partial charge in [0, 0.05) is 23.3 Å². The summed E-state index contributed by atoms with van der Waals surface area (Å²) in [7, 11) is 0. The number of rotatable bonds is 6. The maximum absolute atomic E-state index is 13.3. The highest BCUT2D eigenvalue weighted by molar-refractivity contribution is 7.20. The maximum atomic E-state index is 13.3. The van der Waals surface area contributed by atoms with Gasteiger partial charge in [-0.2, -0.15) is 0 Å². The van der Waals surface area contributed by atoms with Crippen LogP contribution >= 0.6 is 11.3 Å². The first-order valence-corrected chi connectivity index (χ1v) is 13.8. The molecular weight excluding hydrogens is 510 g/mol. The fourth-order valence-corrected chi connectivity index (χ4v) is 5.94. The lowest BCUT2D eigenvalue weighted by molar-refractivity contribution is 0.0941. The molecule has 39 heavy (non-hydrogen) atoms. The molecule has 2 atom stereocenters. The molecule has 2 amide bonds. The standard InChI is InChI=1S/C29H33N7O2S/c1-29(2,3)19-7-8-21-17(10-19)9-18-12-24(39-28(18)36-21)27(38)35-22(13-30)16-5-4-6-20(11-16)33-26(37)23-14-32-15-25(31)34-23/h4-6,9,11-12,14-15,19,22H,7-8,10,13,30H2,1-3H3,(H2,31,34)(H,33,37)(H,35,38)/t19-,22-/m1/s1. The Kier molecular flexibility index (Phi) is 7.33. The molecule has 1 aliphatic rings. The summed E-state index contributed by atoms with van der Waals surface area (Å²) in [6, 6.07) is 10.9. The fraction of sp³-hybridized carbons (Fsp3) is 0.345. The molecule has 0 radical (unpaired) electrons. The Morgan fingerprint density at radius 2 is 1.95 bits per heavy atom. The molecule has 10 heteroatoms. The van der Waals surface area contributed by atoms with Gasteiger partial charge in [0.25, 0.3) is 11.8 Å². The zero-order chi connectivity index (χ0) is 27.7. The van der Waals surface area contributed by atoms with Gasteiger partial charge in [-0.1, -0.05) is 32.9 Å². The van der Waals surface area contributed by atoms with Crippen molar-refractivity contribution in [3.63, 3.8) is 0 Å². The number of nitrogen functional groups attached to an aromatic ring is 1.